The number of carbonyl (C=O) groups excluding carboxylic acids is 1. The topological polar surface area (TPSA) is 55.6 Å². The molecular formula is C16H18N2O3. The zero-order valence-corrected chi connectivity index (χ0v) is 11.8. The van der Waals surface area contributed by atoms with Crippen LogP contribution in [0.25, 0.3) is 0 Å². The SMILES string of the molecule is O=C(c1ccco1)N1CCCC(OCc2cccnc2)C1. The maximum Gasteiger partial charge on any atom is 0.289 e. The second-order valence-corrected chi connectivity index (χ2v) is 5.16. The van der Waals surface area contributed by atoms with Gasteiger partial charge in [0.2, 0.25) is 0 Å². The van der Waals surface area contributed by atoms with Gasteiger partial charge in [-0.2, -0.15) is 0 Å². The minimum atomic E-state index is -0.0605. The molecule has 0 spiro atoms. The lowest BCUT2D eigenvalue weighted by Gasteiger charge is -2.32. The second-order valence-electron chi connectivity index (χ2n) is 5.16. The van der Waals surface area contributed by atoms with Crippen LogP contribution in [0.4, 0.5) is 0 Å². The predicted molar refractivity (Wildman–Crippen MR) is 76.7 cm³/mol. The molecule has 1 fully saturated rings. The summed E-state index contributed by atoms with van der Waals surface area (Å²) in [5.41, 5.74) is 1.05. The van der Waals surface area contributed by atoms with Crippen molar-refractivity contribution in [1.82, 2.24) is 9.88 Å². The van der Waals surface area contributed by atoms with Crippen LogP contribution in [0.1, 0.15) is 29.0 Å². The molecule has 21 heavy (non-hydrogen) atoms. The molecule has 1 aliphatic heterocycles. The standard InChI is InChI=1S/C16H18N2O3/c19-16(15-6-3-9-20-15)18-8-2-5-14(11-18)21-12-13-4-1-7-17-10-13/h1,3-4,6-7,9-10,14H,2,5,8,11-12H2. The van der Waals surface area contributed by atoms with Gasteiger partial charge in [0, 0.05) is 25.5 Å². The van der Waals surface area contributed by atoms with Crippen molar-refractivity contribution in [2.45, 2.75) is 25.6 Å². The van der Waals surface area contributed by atoms with Crippen molar-refractivity contribution < 1.29 is 13.9 Å². The molecule has 1 atom stereocenters. The number of rotatable bonds is 4. The lowest BCUT2D eigenvalue weighted by molar-refractivity contribution is -0.00761. The van der Waals surface area contributed by atoms with Crippen molar-refractivity contribution in [3.63, 3.8) is 0 Å². The van der Waals surface area contributed by atoms with Crippen molar-refractivity contribution in [3.8, 4) is 0 Å². The monoisotopic (exact) mass is 286 g/mol. The van der Waals surface area contributed by atoms with E-state index in [9.17, 15) is 4.79 Å². The smallest absolute Gasteiger partial charge is 0.289 e. The number of hydrogen-bond donors (Lipinski definition) is 0. The van der Waals surface area contributed by atoms with Gasteiger partial charge in [-0.25, -0.2) is 0 Å². The van der Waals surface area contributed by atoms with E-state index in [-0.39, 0.29) is 12.0 Å². The summed E-state index contributed by atoms with van der Waals surface area (Å²) in [6.45, 7) is 1.90. The van der Waals surface area contributed by atoms with E-state index in [0.717, 1.165) is 24.9 Å². The number of nitrogens with zero attached hydrogens (tertiary/aromatic N) is 2. The van der Waals surface area contributed by atoms with Crippen LogP contribution in [0.5, 0.6) is 0 Å². The van der Waals surface area contributed by atoms with Crippen LogP contribution in [0.15, 0.2) is 47.3 Å². The van der Waals surface area contributed by atoms with Gasteiger partial charge in [0.1, 0.15) is 0 Å². The normalized spacial score (nSPS) is 18.7. The van der Waals surface area contributed by atoms with Crippen LogP contribution in [0, 0.1) is 0 Å². The van der Waals surface area contributed by atoms with Crippen molar-refractivity contribution in [2.75, 3.05) is 13.1 Å². The van der Waals surface area contributed by atoms with Crippen LogP contribution >= 0.6 is 0 Å². The van der Waals surface area contributed by atoms with E-state index in [1.807, 2.05) is 12.1 Å². The van der Waals surface area contributed by atoms with Crippen molar-refractivity contribution in [2.24, 2.45) is 0 Å². The van der Waals surface area contributed by atoms with Crippen molar-refractivity contribution in [1.29, 1.82) is 0 Å². The molecular weight excluding hydrogens is 268 g/mol. The highest BCUT2D eigenvalue weighted by Gasteiger charge is 2.26. The fraction of sp³-hybridized carbons (Fsp3) is 0.375. The number of likely N-dealkylation sites (tertiary alicyclic amines) is 1. The molecule has 1 saturated heterocycles. The quantitative estimate of drug-likeness (QED) is 0.866. The van der Waals surface area contributed by atoms with Crippen LogP contribution in [-0.2, 0) is 11.3 Å². The van der Waals surface area contributed by atoms with E-state index in [4.69, 9.17) is 9.15 Å². The molecule has 1 aliphatic rings. The summed E-state index contributed by atoms with van der Waals surface area (Å²) < 4.78 is 11.1. The molecule has 0 aliphatic carbocycles. The summed E-state index contributed by atoms with van der Waals surface area (Å²) in [6.07, 6.45) is 7.06. The molecule has 0 bridgehead atoms. The largest absolute Gasteiger partial charge is 0.459 e. The van der Waals surface area contributed by atoms with Crippen LogP contribution < -0.4 is 0 Å². The first-order valence-corrected chi connectivity index (χ1v) is 7.16. The summed E-state index contributed by atoms with van der Waals surface area (Å²) in [7, 11) is 0. The first-order valence-electron chi connectivity index (χ1n) is 7.16. The Morgan fingerprint density at radius 2 is 2.38 bits per heavy atom. The highest BCUT2D eigenvalue weighted by Crippen LogP contribution is 2.17. The molecule has 1 amide bonds. The van der Waals surface area contributed by atoms with Gasteiger partial charge in [-0.3, -0.25) is 9.78 Å². The third kappa shape index (κ3) is 3.49. The third-order valence-corrected chi connectivity index (χ3v) is 3.61. The Kier molecular flexibility index (Phi) is 4.31. The zero-order valence-electron chi connectivity index (χ0n) is 11.8. The fourth-order valence-electron chi connectivity index (χ4n) is 2.51. The molecule has 3 rings (SSSR count). The average molecular weight is 286 g/mol. The van der Waals surface area contributed by atoms with Crippen LogP contribution in [0.3, 0.4) is 0 Å². The minimum absolute atomic E-state index is 0.0605. The number of carbonyl (C=O) groups is 1. The number of hydrogen-bond acceptors (Lipinski definition) is 4. The Morgan fingerprint density at radius 1 is 1.43 bits per heavy atom. The Bertz CT molecular complexity index is 568. The van der Waals surface area contributed by atoms with Gasteiger partial charge in [-0.1, -0.05) is 6.07 Å². The minimum Gasteiger partial charge on any atom is -0.459 e. The van der Waals surface area contributed by atoms with E-state index >= 15 is 0 Å². The maximum absolute atomic E-state index is 12.2. The van der Waals surface area contributed by atoms with Crippen LogP contribution in [0.2, 0.25) is 0 Å². The second kappa shape index (κ2) is 6.54. The van der Waals surface area contributed by atoms with Gasteiger partial charge in [0.25, 0.3) is 5.91 Å². The Hall–Kier alpha value is -2.14. The highest BCUT2D eigenvalue weighted by atomic mass is 16.5. The molecule has 2 aromatic rings. The summed E-state index contributed by atoms with van der Waals surface area (Å²) in [5, 5.41) is 0. The van der Waals surface area contributed by atoms with Crippen molar-refractivity contribution >= 4 is 5.91 Å². The van der Waals surface area contributed by atoms with E-state index in [1.165, 1.54) is 6.26 Å². The molecule has 0 N–H and O–H groups in total. The lowest BCUT2D eigenvalue weighted by atomic mass is 10.1. The molecule has 1 unspecified atom stereocenters. The molecule has 5 heteroatoms. The number of aromatic nitrogens is 1. The highest BCUT2D eigenvalue weighted by molar-refractivity contribution is 5.91. The van der Waals surface area contributed by atoms with Gasteiger partial charge < -0.3 is 14.1 Å². The summed E-state index contributed by atoms with van der Waals surface area (Å²) in [4.78, 5) is 18.1. The van der Waals surface area contributed by atoms with Crippen LogP contribution in [-0.4, -0.2) is 35.0 Å². The first kappa shape index (κ1) is 13.8. The number of ether oxygens (including phenoxy) is 1. The summed E-state index contributed by atoms with van der Waals surface area (Å²) >= 11 is 0. The van der Waals surface area contributed by atoms with Gasteiger partial charge in [-0.05, 0) is 36.6 Å². The average Bonchev–Trinajstić information content (AvgIpc) is 3.08. The number of amides is 1. The molecule has 0 aromatic carbocycles. The maximum atomic E-state index is 12.2. The number of furan rings is 1. The molecule has 2 aromatic heterocycles. The third-order valence-electron chi connectivity index (χ3n) is 3.61. The first-order chi connectivity index (χ1) is 10.3. The van der Waals surface area contributed by atoms with E-state index < -0.39 is 0 Å². The lowest BCUT2D eigenvalue weighted by Crippen LogP contribution is -2.43. The Morgan fingerprint density at radius 3 is 3.14 bits per heavy atom. The summed E-state index contributed by atoms with van der Waals surface area (Å²) in [6, 6.07) is 7.31. The van der Waals surface area contributed by atoms with E-state index in [2.05, 4.69) is 4.98 Å². The fourth-order valence-corrected chi connectivity index (χ4v) is 2.51. The molecule has 0 radical (unpaired) electrons. The predicted octanol–water partition coefficient (Wildman–Crippen LogP) is 2.50. The Labute approximate surface area is 123 Å². The molecule has 0 saturated carbocycles. The van der Waals surface area contributed by atoms with E-state index in [0.29, 0.717) is 18.9 Å². The number of pyridine rings is 1. The van der Waals surface area contributed by atoms with Crippen molar-refractivity contribution in [3.05, 3.63) is 54.2 Å². The van der Waals surface area contributed by atoms with Gasteiger partial charge in [-0.15, -0.1) is 0 Å². The van der Waals surface area contributed by atoms with Gasteiger partial charge in [0.05, 0.1) is 19.0 Å². The zero-order chi connectivity index (χ0) is 14.5. The Balaban J connectivity index is 1.55. The molecule has 3 heterocycles. The number of piperidine rings is 1. The van der Waals surface area contributed by atoms with E-state index in [1.54, 1.807) is 29.4 Å². The summed E-state index contributed by atoms with van der Waals surface area (Å²) in [5.74, 6) is 0.331. The molecule has 5 nitrogen and oxygen atoms in total. The van der Waals surface area contributed by atoms with Gasteiger partial charge in [0.15, 0.2) is 5.76 Å². The van der Waals surface area contributed by atoms with Gasteiger partial charge >= 0.3 is 0 Å². The molecule has 110 valence electrons.